The van der Waals surface area contributed by atoms with Gasteiger partial charge >= 0.3 is 0 Å². The summed E-state index contributed by atoms with van der Waals surface area (Å²) in [5.74, 6) is 0.315. The Morgan fingerprint density at radius 2 is 1.93 bits per heavy atom. The molecule has 0 radical (unpaired) electrons. The number of anilines is 2. The molecule has 0 saturated heterocycles. The second kappa shape index (κ2) is 9.78. The van der Waals surface area contributed by atoms with Crippen LogP contribution in [0.15, 0.2) is 57.8 Å². The topological polar surface area (TPSA) is 92.3 Å². The standard InChI is InChI=1S/C19H19ClN4O3S3/c1-3-28-19-23-22-18(29-19)21-17(25)12-24(16-10-9-14(20)11-13(16)2)30(26,27)15-7-5-4-6-8-15/h4-11H,3,12H2,1-2H3,(H,21,22,25). The lowest BCUT2D eigenvalue weighted by atomic mass is 10.2. The Kier molecular flexibility index (Phi) is 7.35. The third kappa shape index (κ3) is 5.31. The third-order valence-electron chi connectivity index (χ3n) is 3.97. The number of nitrogens with one attached hydrogen (secondary N) is 1. The second-order valence-electron chi connectivity index (χ2n) is 6.11. The van der Waals surface area contributed by atoms with Crippen molar-refractivity contribution in [2.75, 3.05) is 21.9 Å². The van der Waals surface area contributed by atoms with E-state index in [4.69, 9.17) is 11.6 Å². The highest BCUT2D eigenvalue weighted by molar-refractivity contribution is 8.01. The van der Waals surface area contributed by atoms with Crippen molar-refractivity contribution < 1.29 is 13.2 Å². The van der Waals surface area contributed by atoms with Crippen molar-refractivity contribution in [2.45, 2.75) is 23.1 Å². The fraction of sp³-hybridized carbons (Fsp3) is 0.211. The van der Waals surface area contributed by atoms with Gasteiger partial charge in [-0.05, 0) is 48.6 Å². The molecule has 0 atom stereocenters. The van der Waals surface area contributed by atoms with E-state index in [1.807, 2.05) is 6.92 Å². The first-order chi connectivity index (χ1) is 14.3. The summed E-state index contributed by atoms with van der Waals surface area (Å²) in [6.07, 6.45) is 0. The summed E-state index contributed by atoms with van der Waals surface area (Å²) in [7, 11) is -3.99. The molecule has 7 nitrogen and oxygen atoms in total. The number of aromatic nitrogens is 2. The summed E-state index contributed by atoms with van der Waals surface area (Å²) in [5, 5.41) is 11.4. The lowest BCUT2D eigenvalue weighted by molar-refractivity contribution is -0.114. The number of nitrogens with zero attached hydrogens (tertiary/aromatic N) is 3. The van der Waals surface area contributed by atoms with Crippen LogP contribution >= 0.6 is 34.7 Å². The van der Waals surface area contributed by atoms with Crippen LogP contribution in [0.2, 0.25) is 5.02 Å². The molecule has 3 rings (SSSR count). The van der Waals surface area contributed by atoms with Gasteiger partial charge in [0.05, 0.1) is 10.6 Å². The van der Waals surface area contributed by atoms with Crippen LogP contribution in [0.1, 0.15) is 12.5 Å². The van der Waals surface area contributed by atoms with Crippen molar-refractivity contribution in [3.63, 3.8) is 0 Å². The maximum Gasteiger partial charge on any atom is 0.264 e. The van der Waals surface area contributed by atoms with Gasteiger partial charge in [-0.3, -0.25) is 14.4 Å². The van der Waals surface area contributed by atoms with Gasteiger partial charge in [0, 0.05) is 5.02 Å². The molecular formula is C19H19ClN4O3S3. The minimum Gasteiger partial charge on any atom is -0.299 e. The van der Waals surface area contributed by atoms with Crippen molar-refractivity contribution >= 4 is 61.4 Å². The monoisotopic (exact) mass is 482 g/mol. The van der Waals surface area contributed by atoms with E-state index in [2.05, 4.69) is 15.5 Å². The van der Waals surface area contributed by atoms with Crippen LogP contribution in [-0.4, -0.2) is 36.8 Å². The maximum atomic E-state index is 13.3. The number of hydrogen-bond donors (Lipinski definition) is 1. The summed E-state index contributed by atoms with van der Waals surface area (Å²) < 4.78 is 28.5. The average molecular weight is 483 g/mol. The Morgan fingerprint density at radius 3 is 2.60 bits per heavy atom. The molecule has 0 aliphatic carbocycles. The van der Waals surface area contributed by atoms with Gasteiger partial charge in [-0.2, -0.15) is 0 Å². The molecule has 0 fully saturated rings. The smallest absolute Gasteiger partial charge is 0.264 e. The van der Waals surface area contributed by atoms with Gasteiger partial charge in [0.15, 0.2) is 4.34 Å². The number of rotatable bonds is 8. The predicted molar refractivity (Wildman–Crippen MR) is 122 cm³/mol. The molecule has 0 aliphatic rings. The third-order valence-corrected chi connectivity index (χ3v) is 7.83. The lowest BCUT2D eigenvalue weighted by Gasteiger charge is -2.25. The fourth-order valence-corrected chi connectivity index (χ4v) is 6.05. The maximum absolute atomic E-state index is 13.3. The van der Waals surface area contributed by atoms with Crippen LogP contribution in [-0.2, 0) is 14.8 Å². The number of carbonyl (C=O) groups is 1. The zero-order valence-electron chi connectivity index (χ0n) is 16.2. The number of thioether (sulfide) groups is 1. The predicted octanol–water partition coefficient (Wildman–Crippen LogP) is 4.45. The molecule has 1 heterocycles. The van der Waals surface area contributed by atoms with Crippen molar-refractivity contribution in [1.82, 2.24) is 10.2 Å². The molecule has 3 aromatic rings. The van der Waals surface area contributed by atoms with Crippen LogP contribution in [0.5, 0.6) is 0 Å². The minimum absolute atomic E-state index is 0.0877. The molecule has 0 spiro atoms. The molecule has 158 valence electrons. The molecule has 11 heteroatoms. The number of amides is 1. The first-order valence-electron chi connectivity index (χ1n) is 8.91. The largest absolute Gasteiger partial charge is 0.299 e. The van der Waals surface area contributed by atoms with E-state index in [-0.39, 0.29) is 4.90 Å². The molecule has 1 aromatic heterocycles. The van der Waals surface area contributed by atoms with Crippen LogP contribution in [0.4, 0.5) is 10.8 Å². The van der Waals surface area contributed by atoms with Crippen molar-refractivity contribution in [2.24, 2.45) is 0 Å². The van der Waals surface area contributed by atoms with Crippen molar-refractivity contribution in [3.8, 4) is 0 Å². The van der Waals surface area contributed by atoms with E-state index in [1.165, 1.54) is 35.2 Å². The van der Waals surface area contributed by atoms with Gasteiger partial charge in [0.25, 0.3) is 10.0 Å². The van der Waals surface area contributed by atoms with Crippen LogP contribution < -0.4 is 9.62 Å². The zero-order valence-corrected chi connectivity index (χ0v) is 19.4. The highest BCUT2D eigenvalue weighted by Crippen LogP contribution is 2.29. The van der Waals surface area contributed by atoms with Gasteiger partial charge in [-0.25, -0.2) is 8.42 Å². The van der Waals surface area contributed by atoms with Gasteiger partial charge in [0.1, 0.15) is 6.54 Å². The molecule has 1 N–H and O–H groups in total. The Labute approximate surface area is 188 Å². The molecule has 0 bridgehead atoms. The molecule has 2 aromatic carbocycles. The average Bonchev–Trinajstić information content (AvgIpc) is 3.14. The summed E-state index contributed by atoms with van der Waals surface area (Å²) in [6.45, 7) is 3.31. The highest BCUT2D eigenvalue weighted by atomic mass is 35.5. The number of aryl methyl sites for hydroxylation is 1. The van der Waals surface area contributed by atoms with E-state index in [1.54, 1.807) is 43.3 Å². The number of halogens is 1. The van der Waals surface area contributed by atoms with Crippen LogP contribution in [0, 0.1) is 6.92 Å². The molecular weight excluding hydrogens is 464 g/mol. The molecule has 0 unspecified atom stereocenters. The summed E-state index contributed by atoms with van der Waals surface area (Å²) >= 11 is 8.79. The normalized spacial score (nSPS) is 11.3. The van der Waals surface area contributed by atoms with E-state index < -0.39 is 22.5 Å². The van der Waals surface area contributed by atoms with E-state index in [9.17, 15) is 13.2 Å². The van der Waals surface area contributed by atoms with Gasteiger partial charge < -0.3 is 0 Å². The second-order valence-corrected chi connectivity index (χ2v) is 10.9. The quantitative estimate of drug-likeness (QED) is 0.376. The van der Waals surface area contributed by atoms with Crippen molar-refractivity contribution in [1.29, 1.82) is 0 Å². The Morgan fingerprint density at radius 1 is 1.20 bits per heavy atom. The van der Waals surface area contributed by atoms with Gasteiger partial charge in [-0.15, -0.1) is 10.2 Å². The molecule has 1 amide bonds. The highest BCUT2D eigenvalue weighted by Gasteiger charge is 2.28. The fourth-order valence-electron chi connectivity index (χ4n) is 2.65. The number of carbonyl (C=O) groups excluding carboxylic acids is 1. The summed E-state index contributed by atoms with van der Waals surface area (Å²) in [6, 6.07) is 12.8. The summed E-state index contributed by atoms with van der Waals surface area (Å²) in [4.78, 5) is 12.8. The first-order valence-corrected chi connectivity index (χ1v) is 12.5. The lowest BCUT2D eigenvalue weighted by Crippen LogP contribution is -2.38. The number of hydrogen-bond acceptors (Lipinski definition) is 7. The van der Waals surface area contributed by atoms with Gasteiger partial charge in [0.2, 0.25) is 11.0 Å². The Balaban J connectivity index is 1.92. The van der Waals surface area contributed by atoms with E-state index in [0.29, 0.717) is 21.4 Å². The first kappa shape index (κ1) is 22.5. The summed E-state index contributed by atoms with van der Waals surface area (Å²) in [5.41, 5.74) is 1.00. The van der Waals surface area contributed by atoms with Crippen LogP contribution in [0.3, 0.4) is 0 Å². The molecule has 30 heavy (non-hydrogen) atoms. The zero-order chi connectivity index (χ0) is 21.7. The Hall–Kier alpha value is -2.14. The van der Waals surface area contributed by atoms with E-state index in [0.717, 1.165) is 14.4 Å². The van der Waals surface area contributed by atoms with Gasteiger partial charge in [-0.1, -0.05) is 59.8 Å². The SMILES string of the molecule is CCSc1nnc(NC(=O)CN(c2ccc(Cl)cc2C)S(=O)(=O)c2ccccc2)s1. The molecule has 0 saturated carbocycles. The minimum atomic E-state index is -3.99. The van der Waals surface area contributed by atoms with Crippen molar-refractivity contribution in [3.05, 3.63) is 59.1 Å². The molecule has 0 aliphatic heterocycles. The van der Waals surface area contributed by atoms with E-state index >= 15 is 0 Å². The Bertz CT molecular complexity index is 1140. The number of sulfonamides is 1. The number of benzene rings is 2. The van der Waals surface area contributed by atoms with Crippen LogP contribution in [0.25, 0.3) is 0 Å².